The Morgan fingerprint density at radius 1 is 1.36 bits per heavy atom. The SMILES string of the molecule is CCN1CCc2ccccc2C(C)C1. The number of nitrogens with zero attached hydrogens (tertiary/aromatic N) is 1. The smallest absolute Gasteiger partial charge is 0.00477 e. The molecule has 1 aromatic carbocycles. The van der Waals surface area contributed by atoms with Gasteiger partial charge >= 0.3 is 0 Å². The summed E-state index contributed by atoms with van der Waals surface area (Å²) in [7, 11) is 0. The van der Waals surface area contributed by atoms with Crippen molar-refractivity contribution in [3.8, 4) is 0 Å². The predicted molar refractivity (Wildman–Crippen MR) is 60.7 cm³/mol. The van der Waals surface area contributed by atoms with E-state index in [2.05, 4.69) is 43.0 Å². The van der Waals surface area contributed by atoms with E-state index in [0.717, 1.165) is 0 Å². The zero-order chi connectivity index (χ0) is 9.97. The highest BCUT2D eigenvalue weighted by atomic mass is 15.1. The molecule has 0 radical (unpaired) electrons. The van der Waals surface area contributed by atoms with Crippen LogP contribution in [0, 0.1) is 0 Å². The molecule has 1 heteroatoms. The molecule has 0 saturated carbocycles. The van der Waals surface area contributed by atoms with Crippen LogP contribution >= 0.6 is 0 Å². The minimum Gasteiger partial charge on any atom is -0.303 e. The normalized spacial score (nSPS) is 22.9. The summed E-state index contributed by atoms with van der Waals surface area (Å²) in [6.45, 7) is 8.21. The van der Waals surface area contributed by atoms with Crippen molar-refractivity contribution in [1.82, 2.24) is 4.90 Å². The molecule has 0 amide bonds. The summed E-state index contributed by atoms with van der Waals surface area (Å²) < 4.78 is 0. The van der Waals surface area contributed by atoms with Gasteiger partial charge in [0.2, 0.25) is 0 Å². The van der Waals surface area contributed by atoms with Gasteiger partial charge in [0, 0.05) is 13.1 Å². The van der Waals surface area contributed by atoms with Gasteiger partial charge in [-0.2, -0.15) is 0 Å². The molecule has 2 rings (SSSR count). The van der Waals surface area contributed by atoms with Crippen molar-refractivity contribution in [2.45, 2.75) is 26.2 Å². The average molecular weight is 189 g/mol. The molecule has 1 aromatic rings. The second-order valence-corrected chi connectivity index (χ2v) is 4.24. The van der Waals surface area contributed by atoms with E-state index in [1.807, 2.05) is 0 Å². The molecular formula is C13H19N. The summed E-state index contributed by atoms with van der Waals surface area (Å²) in [5.41, 5.74) is 3.11. The molecule has 1 heterocycles. The number of hydrogen-bond donors (Lipinski definition) is 0. The van der Waals surface area contributed by atoms with Crippen LogP contribution in [0.15, 0.2) is 24.3 Å². The van der Waals surface area contributed by atoms with Crippen LogP contribution in [0.4, 0.5) is 0 Å². The van der Waals surface area contributed by atoms with Gasteiger partial charge in [-0.25, -0.2) is 0 Å². The molecule has 0 saturated heterocycles. The zero-order valence-corrected chi connectivity index (χ0v) is 9.16. The molecule has 1 atom stereocenters. The van der Waals surface area contributed by atoms with E-state index in [1.54, 1.807) is 11.1 Å². The number of hydrogen-bond acceptors (Lipinski definition) is 1. The van der Waals surface area contributed by atoms with Crippen LogP contribution in [0.25, 0.3) is 0 Å². The molecule has 1 aliphatic rings. The highest BCUT2D eigenvalue weighted by molar-refractivity contribution is 5.31. The first-order chi connectivity index (χ1) is 6.81. The Hall–Kier alpha value is -0.820. The van der Waals surface area contributed by atoms with Crippen molar-refractivity contribution in [3.05, 3.63) is 35.4 Å². The minimum atomic E-state index is 0.689. The van der Waals surface area contributed by atoms with Crippen LogP contribution in [0.5, 0.6) is 0 Å². The van der Waals surface area contributed by atoms with Crippen LogP contribution in [-0.4, -0.2) is 24.5 Å². The Bertz CT molecular complexity index is 306. The maximum atomic E-state index is 2.55. The fourth-order valence-corrected chi connectivity index (χ4v) is 2.39. The third kappa shape index (κ3) is 1.83. The van der Waals surface area contributed by atoms with Crippen LogP contribution < -0.4 is 0 Å². The fraction of sp³-hybridized carbons (Fsp3) is 0.538. The van der Waals surface area contributed by atoms with Crippen molar-refractivity contribution in [2.75, 3.05) is 19.6 Å². The van der Waals surface area contributed by atoms with Crippen molar-refractivity contribution in [1.29, 1.82) is 0 Å². The van der Waals surface area contributed by atoms with Gasteiger partial charge in [0.15, 0.2) is 0 Å². The fourth-order valence-electron chi connectivity index (χ4n) is 2.39. The second-order valence-electron chi connectivity index (χ2n) is 4.24. The lowest BCUT2D eigenvalue weighted by atomic mass is 9.96. The number of fused-ring (bicyclic) bond motifs is 1. The highest BCUT2D eigenvalue weighted by Crippen LogP contribution is 2.24. The maximum Gasteiger partial charge on any atom is 0.00477 e. The third-order valence-corrected chi connectivity index (χ3v) is 3.26. The zero-order valence-electron chi connectivity index (χ0n) is 9.16. The Morgan fingerprint density at radius 2 is 2.14 bits per heavy atom. The van der Waals surface area contributed by atoms with Crippen molar-refractivity contribution >= 4 is 0 Å². The molecule has 76 valence electrons. The van der Waals surface area contributed by atoms with E-state index in [-0.39, 0.29) is 0 Å². The van der Waals surface area contributed by atoms with Crippen molar-refractivity contribution in [2.24, 2.45) is 0 Å². The van der Waals surface area contributed by atoms with Gasteiger partial charge in [0.1, 0.15) is 0 Å². The Morgan fingerprint density at radius 3 is 2.93 bits per heavy atom. The molecule has 0 fully saturated rings. The first-order valence-electron chi connectivity index (χ1n) is 5.61. The summed E-state index contributed by atoms with van der Waals surface area (Å²) in [4.78, 5) is 2.55. The molecule has 0 spiro atoms. The van der Waals surface area contributed by atoms with Gasteiger partial charge < -0.3 is 4.90 Å². The molecule has 0 bridgehead atoms. The molecule has 0 N–H and O–H groups in total. The molecule has 14 heavy (non-hydrogen) atoms. The number of rotatable bonds is 1. The van der Waals surface area contributed by atoms with E-state index in [0.29, 0.717) is 5.92 Å². The van der Waals surface area contributed by atoms with Crippen LogP contribution in [0.2, 0.25) is 0 Å². The quantitative estimate of drug-likeness (QED) is 0.656. The molecule has 1 nitrogen and oxygen atoms in total. The van der Waals surface area contributed by atoms with E-state index in [1.165, 1.54) is 26.1 Å². The summed E-state index contributed by atoms with van der Waals surface area (Å²) >= 11 is 0. The summed E-state index contributed by atoms with van der Waals surface area (Å²) in [5.74, 6) is 0.689. The van der Waals surface area contributed by atoms with E-state index < -0.39 is 0 Å². The van der Waals surface area contributed by atoms with Gasteiger partial charge in [-0.1, -0.05) is 38.1 Å². The Kier molecular flexibility index (Phi) is 2.87. The minimum absolute atomic E-state index is 0.689. The van der Waals surface area contributed by atoms with E-state index in [4.69, 9.17) is 0 Å². The molecule has 1 unspecified atom stereocenters. The lowest BCUT2D eigenvalue weighted by Gasteiger charge is -2.20. The lowest BCUT2D eigenvalue weighted by Crippen LogP contribution is -2.27. The molecule has 0 aliphatic carbocycles. The molecule has 0 aromatic heterocycles. The van der Waals surface area contributed by atoms with Gasteiger partial charge in [0.25, 0.3) is 0 Å². The number of likely N-dealkylation sites (N-methyl/N-ethyl adjacent to an activating group) is 1. The largest absolute Gasteiger partial charge is 0.303 e. The van der Waals surface area contributed by atoms with Gasteiger partial charge in [0.05, 0.1) is 0 Å². The monoisotopic (exact) mass is 189 g/mol. The first-order valence-corrected chi connectivity index (χ1v) is 5.61. The third-order valence-electron chi connectivity index (χ3n) is 3.26. The lowest BCUT2D eigenvalue weighted by molar-refractivity contribution is 0.286. The topological polar surface area (TPSA) is 3.24 Å². The molecule has 1 aliphatic heterocycles. The maximum absolute atomic E-state index is 2.55. The van der Waals surface area contributed by atoms with Gasteiger partial charge in [-0.05, 0) is 30.0 Å². The van der Waals surface area contributed by atoms with E-state index in [9.17, 15) is 0 Å². The summed E-state index contributed by atoms with van der Waals surface area (Å²) in [6, 6.07) is 8.90. The molecular weight excluding hydrogens is 170 g/mol. The summed E-state index contributed by atoms with van der Waals surface area (Å²) in [5, 5.41) is 0. The average Bonchev–Trinajstić information content (AvgIpc) is 2.39. The first kappa shape index (κ1) is 9.72. The van der Waals surface area contributed by atoms with Gasteiger partial charge in [-0.3, -0.25) is 0 Å². The van der Waals surface area contributed by atoms with Crippen molar-refractivity contribution < 1.29 is 0 Å². The van der Waals surface area contributed by atoms with Crippen LogP contribution in [-0.2, 0) is 6.42 Å². The Balaban J connectivity index is 2.26. The standard InChI is InChI=1S/C13H19N/c1-3-14-9-8-12-6-4-5-7-13(12)11(2)10-14/h4-7,11H,3,8-10H2,1-2H3. The highest BCUT2D eigenvalue weighted by Gasteiger charge is 2.17. The van der Waals surface area contributed by atoms with Crippen LogP contribution in [0.3, 0.4) is 0 Å². The Labute approximate surface area is 86.7 Å². The van der Waals surface area contributed by atoms with Crippen LogP contribution in [0.1, 0.15) is 30.9 Å². The van der Waals surface area contributed by atoms with Crippen molar-refractivity contribution in [3.63, 3.8) is 0 Å². The predicted octanol–water partition coefficient (Wildman–Crippen LogP) is 2.67. The van der Waals surface area contributed by atoms with Gasteiger partial charge in [-0.15, -0.1) is 0 Å². The second kappa shape index (κ2) is 4.14. The van der Waals surface area contributed by atoms with E-state index >= 15 is 0 Å². The number of benzene rings is 1. The summed E-state index contributed by atoms with van der Waals surface area (Å²) in [6.07, 6.45) is 1.22.